The molecule has 0 spiro atoms. The summed E-state index contributed by atoms with van der Waals surface area (Å²) in [6.07, 6.45) is 6.26. The van der Waals surface area contributed by atoms with Gasteiger partial charge >= 0.3 is 0 Å². The van der Waals surface area contributed by atoms with Crippen molar-refractivity contribution in [2.75, 3.05) is 11.9 Å². The number of fused-ring (bicyclic) bond motifs is 3. The Morgan fingerprint density at radius 3 is 2.96 bits per heavy atom. The summed E-state index contributed by atoms with van der Waals surface area (Å²) in [5, 5.41) is 6.22. The van der Waals surface area contributed by atoms with Crippen LogP contribution in [0.3, 0.4) is 0 Å². The summed E-state index contributed by atoms with van der Waals surface area (Å²) in [5.41, 5.74) is 2.26. The first-order valence-corrected chi connectivity index (χ1v) is 9.36. The zero-order valence-electron chi connectivity index (χ0n) is 14.6. The van der Waals surface area contributed by atoms with Crippen molar-refractivity contribution in [3.8, 4) is 0 Å². The normalized spacial score (nSPS) is 25.0. The molecule has 0 amide bonds. The molecule has 2 fully saturated rings. The van der Waals surface area contributed by atoms with E-state index in [1.807, 2.05) is 18.5 Å². The van der Waals surface area contributed by atoms with Gasteiger partial charge in [0.15, 0.2) is 0 Å². The van der Waals surface area contributed by atoms with Gasteiger partial charge in [-0.1, -0.05) is 24.3 Å². The van der Waals surface area contributed by atoms with Crippen LogP contribution in [0.2, 0.25) is 0 Å². The number of hydrogen-bond acceptors (Lipinski definition) is 3. The molecule has 1 saturated carbocycles. The van der Waals surface area contributed by atoms with Crippen molar-refractivity contribution in [1.29, 1.82) is 0 Å². The smallest absolute Gasteiger partial charge is 0.123 e. The van der Waals surface area contributed by atoms with Crippen LogP contribution in [0.4, 0.5) is 10.1 Å². The minimum atomic E-state index is -0.147. The first kappa shape index (κ1) is 15.8. The van der Waals surface area contributed by atoms with Gasteiger partial charge in [0.2, 0.25) is 0 Å². The molecule has 0 radical (unpaired) electrons. The van der Waals surface area contributed by atoms with Crippen LogP contribution in [-0.2, 0) is 6.54 Å². The Balaban J connectivity index is 1.37. The summed E-state index contributed by atoms with van der Waals surface area (Å²) in [6, 6.07) is 16.4. The molecule has 5 rings (SSSR count). The molecule has 2 aromatic carbocycles. The Morgan fingerprint density at radius 2 is 2.04 bits per heavy atom. The average molecular weight is 347 g/mol. The minimum Gasteiger partial charge on any atom is -0.380 e. The summed E-state index contributed by atoms with van der Waals surface area (Å²) in [5.74, 6) is 0.511. The third-order valence-corrected chi connectivity index (χ3v) is 5.97. The standard InChI is InChI=1S/C22H22FN3/c23-18-5-1-3-15(11-18)13-26-14-17-7-8-21(26)22(17)25-20-6-2-4-16-12-24-10-9-19(16)20/h1-6,9-12,17,21-22,25H,7-8,13-14H2. The molecule has 1 aliphatic carbocycles. The maximum Gasteiger partial charge on any atom is 0.123 e. The second-order valence-electron chi connectivity index (χ2n) is 7.54. The van der Waals surface area contributed by atoms with Crippen molar-refractivity contribution in [2.45, 2.75) is 31.5 Å². The molecule has 3 unspecified atom stereocenters. The fraction of sp³-hybridized carbons (Fsp3) is 0.318. The van der Waals surface area contributed by atoms with Crippen molar-refractivity contribution < 1.29 is 4.39 Å². The van der Waals surface area contributed by atoms with Gasteiger partial charge in [0.1, 0.15) is 5.82 Å². The topological polar surface area (TPSA) is 28.2 Å². The number of nitrogens with one attached hydrogen (secondary N) is 1. The van der Waals surface area contributed by atoms with E-state index in [0.717, 1.165) is 18.7 Å². The molecule has 2 bridgehead atoms. The van der Waals surface area contributed by atoms with E-state index >= 15 is 0 Å². The Hall–Kier alpha value is -2.46. The number of benzene rings is 2. The minimum absolute atomic E-state index is 0.147. The number of rotatable bonds is 4. The van der Waals surface area contributed by atoms with Gasteiger partial charge in [-0.05, 0) is 48.6 Å². The quantitative estimate of drug-likeness (QED) is 0.756. The molecule has 1 aliphatic heterocycles. The van der Waals surface area contributed by atoms with Crippen molar-refractivity contribution in [1.82, 2.24) is 9.88 Å². The lowest BCUT2D eigenvalue weighted by molar-refractivity contribution is 0.204. The van der Waals surface area contributed by atoms with Crippen molar-refractivity contribution >= 4 is 16.5 Å². The van der Waals surface area contributed by atoms with E-state index in [4.69, 9.17) is 0 Å². The highest BCUT2D eigenvalue weighted by atomic mass is 19.1. The highest BCUT2D eigenvalue weighted by Gasteiger charge is 2.46. The van der Waals surface area contributed by atoms with Crippen LogP contribution >= 0.6 is 0 Å². The summed E-state index contributed by atoms with van der Waals surface area (Å²) in [4.78, 5) is 6.75. The van der Waals surface area contributed by atoms with Crippen LogP contribution in [0, 0.1) is 11.7 Å². The Kier molecular flexibility index (Phi) is 3.86. The van der Waals surface area contributed by atoms with Crippen LogP contribution in [-0.4, -0.2) is 28.5 Å². The summed E-state index contributed by atoms with van der Waals surface area (Å²) in [6.45, 7) is 1.92. The Labute approximate surface area is 152 Å². The summed E-state index contributed by atoms with van der Waals surface area (Å²) in [7, 11) is 0. The maximum absolute atomic E-state index is 13.5. The van der Waals surface area contributed by atoms with Gasteiger partial charge in [-0.2, -0.15) is 0 Å². The van der Waals surface area contributed by atoms with Crippen LogP contribution in [0.25, 0.3) is 10.8 Å². The van der Waals surface area contributed by atoms with E-state index in [2.05, 4.69) is 39.5 Å². The van der Waals surface area contributed by atoms with E-state index in [1.165, 1.54) is 35.4 Å². The number of anilines is 1. The molecule has 3 atom stereocenters. The molecule has 2 aliphatic rings. The lowest BCUT2D eigenvalue weighted by Crippen LogP contribution is -2.36. The number of aromatic nitrogens is 1. The second kappa shape index (κ2) is 6.36. The fourth-order valence-electron chi connectivity index (χ4n) is 4.80. The van der Waals surface area contributed by atoms with Gasteiger partial charge in [0, 0.05) is 54.0 Å². The van der Waals surface area contributed by atoms with Crippen LogP contribution in [0.15, 0.2) is 60.9 Å². The van der Waals surface area contributed by atoms with Gasteiger partial charge < -0.3 is 5.32 Å². The average Bonchev–Trinajstić information content (AvgIpc) is 3.18. The van der Waals surface area contributed by atoms with E-state index < -0.39 is 0 Å². The number of pyridine rings is 1. The largest absolute Gasteiger partial charge is 0.380 e. The van der Waals surface area contributed by atoms with Crippen molar-refractivity contribution in [2.24, 2.45) is 5.92 Å². The van der Waals surface area contributed by atoms with Crippen LogP contribution in [0.5, 0.6) is 0 Å². The van der Waals surface area contributed by atoms with Gasteiger partial charge in [-0.25, -0.2) is 4.39 Å². The third kappa shape index (κ3) is 2.74. The fourth-order valence-corrected chi connectivity index (χ4v) is 4.80. The van der Waals surface area contributed by atoms with E-state index in [1.54, 1.807) is 12.1 Å². The van der Waals surface area contributed by atoms with Crippen molar-refractivity contribution in [3.63, 3.8) is 0 Å². The number of nitrogens with zero attached hydrogens (tertiary/aromatic N) is 2. The molecule has 4 heteroatoms. The highest BCUT2D eigenvalue weighted by molar-refractivity contribution is 5.93. The lowest BCUT2D eigenvalue weighted by atomic mass is 10.0. The molecular weight excluding hydrogens is 325 g/mol. The van der Waals surface area contributed by atoms with Gasteiger partial charge in [-0.15, -0.1) is 0 Å². The summed E-state index contributed by atoms with van der Waals surface area (Å²) < 4.78 is 13.5. The number of piperidine rings is 1. The first-order chi connectivity index (χ1) is 12.8. The molecule has 3 nitrogen and oxygen atoms in total. The maximum atomic E-state index is 13.5. The Bertz CT molecular complexity index is 936. The van der Waals surface area contributed by atoms with E-state index in [-0.39, 0.29) is 5.82 Å². The molecule has 1 aromatic heterocycles. The van der Waals surface area contributed by atoms with Gasteiger partial charge in [0.25, 0.3) is 0 Å². The monoisotopic (exact) mass is 347 g/mol. The molecule has 1 N–H and O–H groups in total. The molecule has 26 heavy (non-hydrogen) atoms. The molecule has 1 saturated heterocycles. The predicted octanol–water partition coefficient (Wildman–Crippen LogP) is 4.45. The SMILES string of the molecule is Fc1cccc(CN2CC3CCC2C3Nc2cccc3cnccc23)c1. The molecular formula is C22H22FN3. The predicted molar refractivity (Wildman–Crippen MR) is 102 cm³/mol. The second-order valence-corrected chi connectivity index (χ2v) is 7.54. The van der Waals surface area contributed by atoms with E-state index in [9.17, 15) is 4.39 Å². The lowest BCUT2D eigenvalue weighted by Gasteiger charge is -2.27. The zero-order chi connectivity index (χ0) is 17.5. The van der Waals surface area contributed by atoms with Crippen LogP contribution in [0.1, 0.15) is 18.4 Å². The number of likely N-dealkylation sites (tertiary alicyclic amines) is 1. The van der Waals surface area contributed by atoms with Crippen molar-refractivity contribution in [3.05, 3.63) is 72.3 Å². The van der Waals surface area contributed by atoms with Gasteiger partial charge in [0.05, 0.1) is 0 Å². The number of hydrogen-bond donors (Lipinski definition) is 1. The van der Waals surface area contributed by atoms with Gasteiger partial charge in [-0.3, -0.25) is 9.88 Å². The van der Waals surface area contributed by atoms with Crippen LogP contribution < -0.4 is 5.32 Å². The summed E-state index contributed by atoms with van der Waals surface area (Å²) >= 11 is 0. The molecule has 2 heterocycles. The van der Waals surface area contributed by atoms with E-state index in [0.29, 0.717) is 18.0 Å². The number of halogens is 1. The first-order valence-electron chi connectivity index (χ1n) is 9.36. The zero-order valence-corrected chi connectivity index (χ0v) is 14.6. The molecule has 3 aromatic rings. The molecule has 132 valence electrons. The third-order valence-electron chi connectivity index (χ3n) is 5.97. The Morgan fingerprint density at radius 1 is 1.12 bits per heavy atom. The highest BCUT2D eigenvalue weighted by Crippen LogP contribution is 2.41.